The number of rotatable bonds is 4. The molecule has 0 bridgehead atoms. The second-order valence-electron chi connectivity index (χ2n) is 8.84. The van der Waals surface area contributed by atoms with E-state index in [4.69, 9.17) is 12.2 Å². The van der Waals surface area contributed by atoms with Gasteiger partial charge in [0.05, 0.1) is 0 Å². The van der Waals surface area contributed by atoms with Crippen molar-refractivity contribution in [3.05, 3.63) is 65.0 Å². The van der Waals surface area contributed by atoms with Crippen LogP contribution in [0.25, 0.3) is 15.5 Å². The van der Waals surface area contributed by atoms with Crippen molar-refractivity contribution in [2.45, 2.75) is 46.5 Å². The Labute approximate surface area is 202 Å². The van der Waals surface area contributed by atoms with Crippen LogP contribution in [0.15, 0.2) is 42.5 Å². The van der Waals surface area contributed by atoms with Gasteiger partial charge in [0.15, 0.2) is 10.9 Å². The predicted molar refractivity (Wildman–Crippen MR) is 137 cm³/mol. The fraction of sp³-hybridized carbons (Fsp3) is 0.292. The lowest BCUT2D eigenvalue weighted by atomic mass is 9.87. The van der Waals surface area contributed by atoms with Crippen LogP contribution in [0.1, 0.15) is 55.0 Å². The molecule has 170 valence electrons. The number of amides is 1. The first kappa shape index (κ1) is 23.0. The topological polar surface area (TPSA) is 84.2 Å². The van der Waals surface area contributed by atoms with Crippen LogP contribution in [-0.4, -0.2) is 30.8 Å². The Hall–Kier alpha value is -3.17. The van der Waals surface area contributed by atoms with E-state index >= 15 is 0 Å². The van der Waals surface area contributed by atoms with Gasteiger partial charge in [0.25, 0.3) is 5.91 Å². The molecule has 9 heteroatoms. The summed E-state index contributed by atoms with van der Waals surface area (Å²) in [4.78, 5) is 13.4. The molecule has 2 heterocycles. The summed E-state index contributed by atoms with van der Waals surface area (Å²) in [6, 6.07) is 13.6. The van der Waals surface area contributed by atoms with E-state index in [-0.39, 0.29) is 16.4 Å². The predicted octanol–water partition coefficient (Wildman–Crippen LogP) is 5.15. The summed E-state index contributed by atoms with van der Waals surface area (Å²) in [5.74, 6) is 0.583. The van der Waals surface area contributed by atoms with Gasteiger partial charge < -0.3 is 5.32 Å². The van der Waals surface area contributed by atoms with Gasteiger partial charge in [0, 0.05) is 23.2 Å². The number of nitrogens with one attached hydrogen (secondary N) is 2. The third-order valence-corrected chi connectivity index (χ3v) is 6.50. The van der Waals surface area contributed by atoms with Crippen molar-refractivity contribution in [3.63, 3.8) is 0 Å². The number of anilines is 1. The highest BCUT2D eigenvalue weighted by Crippen LogP contribution is 2.29. The van der Waals surface area contributed by atoms with Crippen LogP contribution in [0, 0.1) is 6.92 Å². The molecule has 0 fully saturated rings. The molecule has 2 aromatic carbocycles. The van der Waals surface area contributed by atoms with Gasteiger partial charge in [-0.3, -0.25) is 10.1 Å². The minimum atomic E-state index is -0.248. The maximum Gasteiger partial charge on any atom is 0.257 e. The number of aromatic nitrogens is 4. The molecule has 33 heavy (non-hydrogen) atoms. The number of hydrogen-bond donors (Lipinski definition) is 2. The maximum absolute atomic E-state index is 12.6. The van der Waals surface area contributed by atoms with Crippen LogP contribution < -0.4 is 10.6 Å². The number of aryl methyl sites for hydroxylation is 2. The third kappa shape index (κ3) is 4.94. The summed E-state index contributed by atoms with van der Waals surface area (Å²) in [5.41, 5.74) is 4.51. The number of hydrogen-bond acceptors (Lipinski definition) is 6. The minimum absolute atomic E-state index is 0.0312. The summed E-state index contributed by atoms with van der Waals surface area (Å²) in [6.45, 7) is 10.4. The number of thiocarbonyl (C=S) groups is 1. The van der Waals surface area contributed by atoms with E-state index in [0.29, 0.717) is 5.56 Å². The first-order chi connectivity index (χ1) is 15.7. The smallest absolute Gasteiger partial charge is 0.257 e. The summed E-state index contributed by atoms with van der Waals surface area (Å²) < 4.78 is 1.78. The normalized spacial score (nSPS) is 11.5. The lowest BCUT2D eigenvalue weighted by Gasteiger charge is -2.19. The first-order valence-electron chi connectivity index (χ1n) is 10.7. The highest BCUT2D eigenvalue weighted by atomic mass is 32.1. The Morgan fingerprint density at radius 1 is 1.12 bits per heavy atom. The molecule has 0 unspecified atom stereocenters. The van der Waals surface area contributed by atoms with E-state index in [9.17, 15) is 4.79 Å². The van der Waals surface area contributed by atoms with Crippen molar-refractivity contribution in [2.75, 3.05) is 5.32 Å². The summed E-state index contributed by atoms with van der Waals surface area (Å²) in [5, 5.41) is 20.0. The largest absolute Gasteiger partial charge is 0.332 e. The van der Waals surface area contributed by atoms with Crippen LogP contribution in [0.4, 0.5) is 5.69 Å². The maximum atomic E-state index is 12.6. The first-order valence-corrected chi connectivity index (χ1v) is 11.9. The van der Waals surface area contributed by atoms with Crippen LogP contribution in [0.2, 0.25) is 0 Å². The van der Waals surface area contributed by atoms with Crippen LogP contribution >= 0.6 is 23.6 Å². The van der Waals surface area contributed by atoms with E-state index in [1.807, 2.05) is 56.3 Å². The zero-order valence-corrected chi connectivity index (χ0v) is 20.9. The second kappa shape index (κ2) is 8.99. The van der Waals surface area contributed by atoms with E-state index < -0.39 is 0 Å². The highest BCUT2D eigenvalue weighted by Gasteiger charge is 2.16. The van der Waals surface area contributed by atoms with Gasteiger partial charge in [-0.2, -0.15) is 9.61 Å². The second-order valence-corrected chi connectivity index (χ2v) is 10.2. The van der Waals surface area contributed by atoms with Gasteiger partial charge in [-0.1, -0.05) is 63.3 Å². The third-order valence-electron chi connectivity index (χ3n) is 5.34. The van der Waals surface area contributed by atoms with Gasteiger partial charge in [0.2, 0.25) is 4.96 Å². The molecule has 0 saturated heterocycles. The molecule has 0 radical (unpaired) electrons. The number of carbonyl (C=O) groups excluding carboxylic acids is 1. The van der Waals surface area contributed by atoms with E-state index in [2.05, 4.69) is 46.7 Å². The molecule has 0 aliphatic carbocycles. The molecule has 1 amide bonds. The number of benzene rings is 2. The molecule has 0 spiro atoms. The van der Waals surface area contributed by atoms with Crippen LogP contribution in [0.5, 0.6) is 0 Å². The lowest BCUT2D eigenvalue weighted by molar-refractivity contribution is 0.0977. The van der Waals surface area contributed by atoms with Crippen molar-refractivity contribution < 1.29 is 4.79 Å². The molecular weight excluding hydrogens is 452 g/mol. The van der Waals surface area contributed by atoms with Crippen molar-refractivity contribution >= 4 is 45.2 Å². The Balaban J connectivity index is 1.48. The van der Waals surface area contributed by atoms with Gasteiger partial charge in [-0.05, 0) is 53.9 Å². The summed E-state index contributed by atoms with van der Waals surface area (Å²) in [6.07, 6.45) is 0.762. The van der Waals surface area contributed by atoms with Gasteiger partial charge in [-0.25, -0.2) is 0 Å². The zero-order chi connectivity index (χ0) is 23.8. The average Bonchev–Trinajstić information content (AvgIpc) is 3.35. The Kier molecular flexibility index (Phi) is 6.27. The fourth-order valence-corrected chi connectivity index (χ4v) is 4.39. The minimum Gasteiger partial charge on any atom is -0.332 e. The summed E-state index contributed by atoms with van der Waals surface area (Å²) in [7, 11) is 0. The SMILES string of the molecule is CCc1nnc2sc(-c3ccc(C)c(NC(=S)NC(=O)c4ccc(C(C)(C)C)cc4)c3)nn12. The van der Waals surface area contributed by atoms with Gasteiger partial charge in [-0.15, -0.1) is 10.2 Å². The molecule has 0 saturated carbocycles. The van der Waals surface area contributed by atoms with Crippen molar-refractivity contribution in [1.29, 1.82) is 0 Å². The van der Waals surface area contributed by atoms with Crippen LogP contribution in [-0.2, 0) is 11.8 Å². The molecule has 7 nitrogen and oxygen atoms in total. The monoisotopic (exact) mass is 478 g/mol. The number of carbonyl (C=O) groups is 1. The Morgan fingerprint density at radius 3 is 2.52 bits per heavy atom. The molecule has 2 N–H and O–H groups in total. The molecule has 2 aromatic heterocycles. The Morgan fingerprint density at radius 2 is 1.85 bits per heavy atom. The fourth-order valence-electron chi connectivity index (χ4n) is 3.33. The van der Waals surface area contributed by atoms with E-state index in [1.54, 1.807) is 4.52 Å². The molecular formula is C24H26N6OS2. The molecule has 4 rings (SSSR count). The molecule has 0 aliphatic rings. The number of fused-ring (bicyclic) bond motifs is 1. The summed E-state index contributed by atoms with van der Waals surface area (Å²) >= 11 is 6.89. The number of nitrogens with zero attached hydrogens (tertiary/aromatic N) is 4. The van der Waals surface area contributed by atoms with E-state index in [0.717, 1.165) is 39.0 Å². The van der Waals surface area contributed by atoms with Gasteiger partial charge in [0.1, 0.15) is 5.01 Å². The van der Waals surface area contributed by atoms with Crippen molar-refractivity contribution in [3.8, 4) is 10.6 Å². The molecule has 4 aromatic rings. The van der Waals surface area contributed by atoms with E-state index in [1.165, 1.54) is 16.9 Å². The standard InChI is InChI=1S/C24H26N6OS2/c1-6-19-27-28-23-30(19)29-21(33-23)16-8-7-14(2)18(13-16)25-22(32)26-20(31)15-9-11-17(12-10-15)24(3,4)5/h7-13H,6H2,1-5H3,(H2,25,26,31,32). The highest BCUT2D eigenvalue weighted by molar-refractivity contribution is 7.80. The zero-order valence-electron chi connectivity index (χ0n) is 19.3. The lowest BCUT2D eigenvalue weighted by Crippen LogP contribution is -2.34. The average molecular weight is 479 g/mol. The van der Waals surface area contributed by atoms with Crippen molar-refractivity contribution in [1.82, 2.24) is 25.1 Å². The Bertz CT molecular complexity index is 1330. The quantitative estimate of drug-likeness (QED) is 0.395. The van der Waals surface area contributed by atoms with Gasteiger partial charge >= 0.3 is 0 Å². The van der Waals surface area contributed by atoms with Crippen molar-refractivity contribution in [2.24, 2.45) is 0 Å². The molecule has 0 aliphatic heterocycles. The van der Waals surface area contributed by atoms with Crippen LogP contribution in [0.3, 0.4) is 0 Å². The molecule has 0 atom stereocenters.